The van der Waals surface area contributed by atoms with E-state index in [1.54, 1.807) is 0 Å². The van der Waals surface area contributed by atoms with E-state index in [-0.39, 0.29) is 11.3 Å². The van der Waals surface area contributed by atoms with E-state index in [0.717, 1.165) is 16.3 Å². The molecule has 11 heteroatoms. The Bertz CT molecular complexity index is 1200. The van der Waals surface area contributed by atoms with E-state index in [9.17, 15) is 22.4 Å². The van der Waals surface area contributed by atoms with Crippen LogP contribution in [0.25, 0.3) is 15.9 Å². The zero-order valence-electron chi connectivity index (χ0n) is 14.2. The van der Waals surface area contributed by atoms with Crippen molar-refractivity contribution in [2.75, 3.05) is 5.32 Å². The number of amides is 1. The summed E-state index contributed by atoms with van der Waals surface area (Å²) in [6.45, 7) is 1.93. The average Bonchev–Trinajstić information content (AvgIpc) is 3.23. The van der Waals surface area contributed by atoms with E-state index < -0.39 is 30.1 Å². The Labute approximate surface area is 158 Å². The summed E-state index contributed by atoms with van der Waals surface area (Å²) in [4.78, 5) is 20.3. The Kier molecular flexibility index (Phi) is 4.46. The minimum absolute atomic E-state index is 0.240. The summed E-state index contributed by atoms with van der Waals surface area (Å²) < 4.78 is 53.8. The number of aryl methyl sites for hydroxylation is 1. The second-order valence-corrected chi connectivity index (χ2v) is 6.98. The lowest BCUT2D eigenvalue weighted by Gasteiger charge is -2.06. The quantitative estimate of drug-likeness (QED) is 0.493. The van der Waals surface area contributed by atoms with Gasteiger partial charge in [-0.3, -0.25) is 10.1 Å². The summed E-state index contributed by atoms with van der Waals surface area (Å²) in [5.74, 6) is -0.708. The second-order valence-electron chi connectivity index (χ2n) is 5.95. The lowest BCUT2D eigenvalue weighted by Crippen LogP contribution is -2.13. The predicted octanol–water partition coefficient (Wildman–Crippen LogP) is 4.77. The van der Waals surface area contributed by atoms with Gasteiger partial charge in [0.05, 0.1) is 10.2 Å². The highest BCUT2D eigenvalue weighted by atomic mass is 32.1. The van der Waals surface area contributed by atoms with Gasteiger partial charge in [-0.25, -0.2) is 32.0 Å². The number of anilines is 1. The van der Waals surface area contributed by atoms with Crippen LogP contribution in [0.4, 0.5) is 22.7 Å². The summed E-state index contributed by atoms with van der Waals surface area (Å²) in [7, 11) is 0. The molecule has 0 atom stereocenters. The third-order valence-electron chi connectivity index (χ3n) is 3.92. The van der Waals surface area contributed by atoms with Gasteiger partial charge in [-0.15, -0.1) is 0 Å². The zero-order valence-corrected chi connectivity index (χ0v) is 15.0. The monoisotopic (exact) mass is 409 g/mol. The highest BCUT2D eigenvalue weighted by Crippen LogP contribution is 2.28. The number of hydrogen-bond acceptors (Lipinski definition) is 5. The highest BCUT2D eigenvalue weighted by Gasteiger charge is 2.22. The van der Waals surface area contributed by atoms with Crippen LogP contribution < -0.4 is 5.32 Å². The fourth-order valence-electron chi connectivity index (χ4n) is 2.64. The Morgan fingerprint density at radius 2 is 1.89 bits per heavy atom. The molecular weight excluding hydrogens is 398 g/mol. The number of benzene rings is 1. The molecular formula is C17H11F4N5OS. The van der Waals surface area contributed by atoms with Crippen molar-refractivity contribution in [2.45, 2.75) is 19.8 Å². The molecule has 0 saturated heterocycles. The molecule has 1 N–H and O–H groups in total. The molecule has 0 aliphatic carbocycles. The van der Waals surface area contributed by atoms with Crippen LogP contribution in [0.2, 0.25) is 0 Å². The third-order valence-corrected chi connectivity index (χ3v) is 4.85. The molecule has 0 unspecified atom stereocenters. The zero-order chi connectivity index (χ0) is 20.0. The molecule has 0 saturated carbocycles. The maximum absolute atomic E-state index is 13.2. The van der Waals surface area contributed by atoms with Crippen LogP contribution in [0.5, 0.6) is 0 Å². The number of alkyl halides is 4. The molecule has 1 aromatic carbocycles. The number of halogens is 4. The molecule has 1 amide bonds. The molecule has 0 aliphatic rings. The van der Waals surface area contributed by atoms with Gasteiger partial charge in [-0.05, 0) is 30.7 Å². The predicted molar refractivity (Wildman–Crippen MR) is 95.2 cm³/mol. The third kappa shape index (κ3) is 3.28. The van der Waals surface area contributed by atoms with Crippen molar-refractivity contribution >= 4 is 38.2 Å². The summed E-state index contributed by atoms with van der Waals surface area (Å²) in [6, 6.07) is 7.26. The number of fused-ring (bicyclic) bond motifs is 2. The molecule has 0 aliphatic heterocycles. The molecule has 28 heavy (non-hydrogen) atoms. The normalized spacial score (nSPS) is 11.8. The van der Waals surface area contributed by atoms with Gasteiger partial charge in [0.15, 0.2) is 16.5 Å². The van der Waals surface area contributed by atoms with Crippen LogP contribution >= 0.6 is 11.3 Å². The van der Waals surface area contributed by atoms with Crippen molar-refractivity contribution in [1.82, 2.24) is 19.6 Å². The molecule has 0 spiro atoms. The first-order valence-electron chi connectivity index (χ1n) is 7.97. The van der Waals surface area contributed by atoms with Gasteiger partial charge in [0, 0.05) is 6.07 Å². The minimum atomic E-state index is -3.06. The first-order chi connectivity index (χ1) is 13.3. The van der Waals surface area contributed by atoms with Crippen LogP contribution in [0.3, 0.4) is 0 Å². The van der Waals surface area contributed by atoms with Crippen LogP contribution in [0.15, 0.2) is 30.3 Å². The summed E-state index contributed by atoms with van der Waals surface area (Å²) >= 11 is 1.24. The Hall–Kier alpha value is -3.08. The fraction of sp³-hybridized carbons (Fsp3) is 0.176. The van der Waals surface area contributed by atoms with Crippen molar-refractivity contribution in [3.63, 3.8) is 0 Å². The summed E-state index contributed by atoms with van der Waals surface area (Å²) in [5, 5.41) is 6.64. The van der Waals surface area contributed by atoms with Crippen molar-refractivity contribution in [1.29, 1.82) is 0 Å². The molecule has 0 bridgehead atoms. The number of nitrogens with one attached hydrogen (secondary N) is 1. The summed E-state index contributed by atoms with van der Waals surface area (Å²) in [5.41, 5.74) is -0.348. The number of rotatable bonds is 4. The average molecular weight is 409 g/mol. The number of aromatic nitrogens is 4. The largest absolute Gasteiger partial charge is 0.296 e. The molecule has 3 aromatic heterocycles. The van der Waals surface area contributed by atoms with Gasteiger partial charge < -0.3 is 0 Å². The number of thiazole rings is 1. The van der Waals surface area contributed by atoms with Crippen LogP contribution in [-0.2, 0) is 0 Å². The smallest absolute Gasteiger partial charge is 0.280 e. The fourth-order valence-corrected chi connectivity index (χ4v) is 3.60. The van der Waals surface area contributed by atoms with Gasteiger partial charge in [0.1, 0.15) is 11.4 Å². The van der Waals surface area contributed by atoms with Crippen molar-refractivity contribution in [3.8, 4) is 0 Å². The van der Waals surface area contributed by atoms with Gasteiger partial charge in [-0.2, -0.15) is 5.10 Å². The minimum Gasteiger partial charge on any atom is -0.296 e. The van der Waals surface area contributed by atoms with Crippen molar-refractivity contribution in [2.24, 2.45) is 0 Å². The van der Waals surface area contributed by atoms with E-state index >= 15 is 0 Å². The molecule has 4 aromatic rings. The molecule has 0 radical (unpaired) electrons. The molecule has 0 fully saturated rings. The maximum atomic E-state index is 13.2. The number of carbonyl (C=O) groups excluding carboxylic acids is 1. The standard InChI is InChI=1S/C17H11F4N5OS/c1-7-2-3-8-12(4-7)28-17(23-8)24-16(27)10-6-13-22-9(14(18)19)5-11(15(20)21)26(13)25-10/h2-6,14-15H,1H3,(H,23,24,27). The van der Waals surface area contributed by atoms with Crippen LogP contribution in [0, 0.1) is 6.92 Å². The van der Waals surface area contributed by atoms with E-state index in [2.05, 4.69) is 20.4 Å². The van der Waals surface area contributed by atoms with Gasteiger partial charge in [0.2, 0.25) is 0 Å². The first kappa shape index (κ1) is 18.3. The topological polar surface area (TPSA) is 72.2 Å². The van der Waals surface area contributed by atoms with Crippen LogP contribution in [-0.4, -0.2) is 25.5 Å². The van der Waals surface area contributed by atoms with E-state index in [1.807, 2.05) is 25.1 Å². The van der Waals surface area contributed by atoms with Crippen molar-refractivity contribution in [3.05, 3.63) is 53.0 Å². The van der Waals surface area contributed by atoms with Gasteiger partial charge in [0.25, 0.3) is 18.8 Å². The Morgan fingerprint density at radius 3 is 2.61 bits per heavy atom. The van der Waals surface area contributed by atoms with Gasteiger partial charge in [-0.1, -0.05) is 17.4 Å². The lowest BCUT2D eigenvalue weighted by molar-refractivity contribution is 0.102. The van der Waals surface area contributed by atoms with Crippen LogP contribution in [0.1, 0.15) is 40.3 Å². The van der Waals surface area contributed by atoms with Crippen molar-refractivity contribution < 1.29 is 22.4 Å². The molecule has 6 nitrogen and oxygen atoms in total. The highest BCUT2D eigenvalue weighted by molar-refractivity contribution is 7.22. The summed E-state index contributed by atoms with van der Waals surface area (Å²) in [6.07, 6.45) is -6.09. The molecule has 4 rings (SSSR count). The SMILES string of the molecule is Cc1ccc2nc(NC(=O)c3cc4nc(C(F)F)cc(C(F)F)n4n3)sc2c1. The molecule has 144 valence electrons. The van der Waals surface area contributed by atoms with E-state index in [4.69, 9.17) is 0 Å². The molecule has 3 heterocycles. The van der Waals surface area contributed by atoms with E-state index in [1.165, 1.54) is 11.3 Å². The Balaban J connectivity index is 1.69. The maximum Gasteiger partial charge on any atom is 0.280 e. The van der Waals surface area contributed by atoms with Gasteiger partial charge >= 0.3 is 0 Å². The number of nitrogens with zero attached hydrogens (tertiary/aromatic N) is 4. The Morgan fingerprint density at radius 1 is 1.11 bits per heavy atom. The first-order valence-corrected chi connectivity index (χ1v) is 8.79. The van der Waals surface area contributed by atoms with E-state index in [0.29, 0.717) is 21.2 Å². The number of carbonyl (C=O) groups is 1. The number of hydrogen-bond donors (Lipinski definition) is 1. The lowest BCUT2D eigenvalue weighted by atomic mass is 10.2. The second kappa shape index (κ2) is 6.82.